The molecule has 0 saturated carbocycles. The summed E-state index contributed by atoms with van der Waals surface area (Å²) in [6.07, 6.45) is 1.30. The van der Waals surface area contributed by atoms with Gasteiger partial charge in [0.05, 0.1) is 0 Å². The van der Waals surface area contributed by atoms with E-state index in [1.54, 1.807) is 0 Å². The standard InChI is InChI=1S/C6H2F4I2/c7-3-4(8)6(10,12)2-1-5(3,9)11/h1-2H. The maximum absolute atomic E-state index is 12.9. The summed E-state index contributed by atoms with van der Waals surface area (Å²) >= 11 is 2.10. The molecule has 0 bridgehead atoms. The van der Waals surface area contributed by atoms with Crippen LogP contribution in [0.15, 0.2) is 23.8 Å². The highest BCUT2D eigenvalue weighted by Gasteiger charge is 2.45. The first-order valence-corrected chi connectivity index (χ1v) is 4.95. The predicted octanol–water partition coefficient (Wildman–Crippen LogP) is 3.91. The molecule has 0 amide bonds. The van der Waals surface area contributed by atoms with Gasteiger partial charge in [-0.25, -0.2) is 17.6 Å². The minimum absolute atomic E-state index is 0.651. The number of hydrogen-bond donors (Lipinski definition) is 0. The highest BCUT2D eigenvalue weighted by Crippen LogP contribution is 2.46. The molecule has 12 heavy (non-hydrogen) atoms. The Morgan fingerprint density at radius 1 is 0.917 bits per heavy atom. The van der Waals surface area contributed by atoms with E-state index in [0.29, 0.717) is 12.2 Å². The van der Waals surface area contributed by atoms with Crippen LogP contribution in [0.1, 0.15) is 0 Å². The van der Waals surface area contributed by atoms with Crippen LogP contribution in [-0.4, -0.2) is 7.35 Å². The van der Waals surface area contributed by atoms with E-state index in [0.717, 1.165) is 45.2 Å². The Labute approximate surface area is 93.4 Å². The molecule has 0 heterocycles. The maximum Gasteiger partial charge on any atom is 0.232 e. The molecule has 0 saturated heterocycles. The minimum atomic E-state index is -2.55. The summed E-state index contributed by atoms with van der Waals surface area (Å²) in [5.41, 5.74) is 0. The molecule has 0 fully saturated rings. The molecule has 0 aliphatic heterocycles. The lowest BCUT2D eigenvalue weighted by molar-refractivity contribution is 0.285. The van der Waals surface area contributed by atoms with Crippen LogP contribution in [0.5, 0.6) is 0 Å². The van der Waals surface area contributed by atoms with Crippen molar-refractivity contribution in [3.63, 3.8) is 0 Å². The molecule has 0 spiro atoms. The van der Waals surface area contributed by atoms with Crippen LogP contribution in [0.2, 0.25) is 0 Å². The van der Waals surface area contributed by atoms with Crippen LogP contribution in [-0.2, 0) is 0 Å². The number of hydrogen-bond acceptors (Lipinski definition) is 0. The smallest absolute Gasteiger partial charge is 0.220 e. The van der Waals surface area contributed by atoms with Gasteiger partial charge in [-0.15, -0.1) is 0 Å². The molecule has 0 aromatic rings. The van der Waals surface area contributed by atoms with E-state index in [2.05, 4.69) is 0 Å². The van der Waals surface area contributed by atoms with Gasteiger partial charge in [0.25, 0.3) is 0 Å². The second kappa shape index (κ2) is 3.10. The van der Waals surface area contributed by atoms with Gasteiger partial charge in [-0.1, -0.05) is 0 Å². The normalized spacial score (nSPS) is 42.2. The van der Waals surface area contributed by atoms with E-state index in [9.17, 15) is 17.6 Å². The summed E-state index contributed by atoms with van der Waals surface area (Å²) in [7, 11) is 0. The van der Waals surface area contributed by atoms with Crippen molar-refractivity contribution >= 4 is 45.2 Å². The average molecular weight is 404 g/mol. The van der Waals surface area contributed by atoms with Gasteiger partial charge >= 0.3 is 0 Å². The Morgan fingerprint density at radius 3 is 1.42 bits per heavy atom. The molecule has 2 unspecified atom stereocenters. The first-order valence-electron chi connectivity index (χ1n) is 2.79. The number of rotatable bonds is 0. The van der Waals surface area contributed by atoms with Crippen molar-refractivity contribution in [2.75, 3.05) is 0 Å². The minimum Gasteiger partial charge on any atom is -0.220 e. The van der Waals surface area contributed by atoms with Crippen molar-refractivity contribution in [3.8, 4) is 0 Å². The van der Waals surface area contributed by atoms with E-state index >= 15 is 0 Å². The molecule has 0 N–H and O–H groups in total. The Balaban J connectivity index is 3.18. The Kier molecular flexibility index (Phi) is 2.78. The van der Waals surface area contributed by atoms with Crippen molar-refractivity contribution in [1.82, 2.24) is 0 Å². The summed E-state index contributed by atoms with van der Waals surface area (Å²) in [5, 5.41) is 0. The summed E-state index contributed by atoms with van der Waals surface area (Å²) in [4.78, 5) is 0. The fraction of sp³-hybridized carbons (Fsp3) is 0.333. The number of allylic oxidation sites excluding steroid dienone is 4. The summed E-state index contributed by atoms with van der Waals surface area (Å²) in [6.45, 7) is 0. The van der Waals surface area contributed by atoms with Gasteiger partial charge in [-0.3, -0.25) is 0 Å². The molecule has 6 heteroatoms. The fourth-order valence-corrected chi connectivity index (χ4v) is 1.48. The second-order valence-corrected chi connectivity index (χ2v) is 5.35. The van der Waals surface area contributed by atoms with Crippen LogP contribution >= 0.6 is 45.2 Å². The van der Waals surface area contributed by atoms with Gasteiger partial charge in [0.1, 0.15) is 0 Å². The van der Waals surface area contributed by atoms with Crippen LogP contribution in [0.25, 0.3) is 0 Å². The van der Waals surface area contributed by atoms with Gasteiger partial charge in [0, 0.05) is 0 Å². The number of alkyl halides is 4. The quantitative estimate of drug-likeness (QED) is 0.249. The predicted molar refractivity (Wildman–Crippen MR) is 54.1 cm³/mol. The summed E-state index contributed by atoms with van der Waals surface area (Å²) in [6, 6.07) is 0. The Bertz CT molecular complexity index is 241. The third-order valence-electron chi connectivity index (χ3n) is 1.28. The van der Waals surface area contributed by atoms with Crippen LogP contribution in [0.3, 0.4) is 0 Å². The van der Waals surface area contributed by atoms with Crippen molar-refractivity contribution < 1.29 is 17.6 Å². The molecule has 1 aliphatic rings. The fourth-order valence-electron chi connectivity index (χ4n) is 0.648. The average Bonchev–Trinajstić information content (AvgIpc) is 1.96. The third-order valence-corrected chi connectivity index (χ3v) is 2.95. The maximum atomic E-state index is 12.9. The van der Waals surface area contributed by atoms with Crippen molar-refractivity contribution in [2.24, 2.45) is 0 Å². The van der Waals surface area contributed by atoms with Gasteiger partial charge in [-0.05, 0) is 57.3 Å². The highest BCUT2D eigenvalue weighted by molar-refractivity contribution is 14.1. The highest BCUT2D eigenvalue weighted by atomic mass is 127. The van der Waals surface area contributed by atoms with Crippen LogP contribution < -0.4 is 0 Å². The molecule has 1 rings (SSSR count). The molecular weight excluding hydrogens is 402 g/mol. The lowest BCUT2D eigenvalue weighted by Gasteiger charge is -2.22. The number of halogens is 6. The molecule has 0 aromatic heterocycles. The van der Waals surface area contributed by atoms with E-state index in [1.165, 1.54) is 0 Å². The monoisotopic (exact) mass is 404 g/mol. The largest absolute Gasteiger partial charge is 0.232 e. The summed E-state index contributed by atoms with van der Waals surface area (Å²) in [5.74, 6) is -3.41. The molecule has 0 radical (unpaired) electrons. The molecule has 0 nitrogen and oxygen atoms in total. The molecule has 2 atom stereocenters. The Morgan fingerprint density at radius 2 is 1.17 bits per heavy atom. The lowest BCUT2D eigenvalue weighted by Crippen LogP contribution is -2.25. The Hall–Kier alpha value is 0.660. The van der Waals surface area contributed by atoms with E-state index in [-0.39, 0.29) is 0 Å². The zero-order chi connectivity index (χ0) is 9.57. The molecule has 68 valence electrons. The van der Waals surface area contributed by atoms with E-state index < -0.39 is 19.0 Å². The van der Waals surface area contributed by atoms with E-state index in [4.69, 9.17) is 0 Å². The molecule has 0 aromatic carbocycles. The van der Waals surface area contributed by atoms with Gasteiger partial charge in [0.15, 0.2) is 11.7 Å². The topological polar surface area (TPSA) is 0 Å². The van der Waals surface area contributed by atoms with Crippen LogP contribution in [0.4, 0.5) is 17.6 Å². The zero-order valence-corrected chi connectivity index (χ0v) is 9.74. The molecule has 1 aliphatic carbocycles. The third kappa shape index (κ3) is 1.78. The zero-order valence-electron chi connectivity index (χ0n) is 5.42. The first kappa shape index (κ1) is 10.7. The lowest BCUT2D eigenvalue weighted by atomic mass is 10.1. The van der Waals surface area contributed by atoms with E-state index in [1.807, 2.05) is 0 Å². The van der Waals surface area contributed by atoms with Gasteiger partial charge < -0.3 is 0 Å². The van der Waals surface area contributed by atoms with Crippen molar-refractivity contribution in [2.45, 2.75) is 7.35 Å². The molecular formula is C6H2F4I2. The first-order chi connectivity index (χ1) is 5.27. The summed E-state index contributed by atoms with van der Waals surface area (Å²) < 4.78 is 46.1. The SMILES string of the molecule is FC1=C(F)C(F)(I)C=CC1(F)I. The van der Waals surface area contributed by atoms with Gasteiger partial charge in [-0.2, -0.15) is 0 Å². The second-order valence-electron chi connectivity index (χ2n) is 2.21. The van der Waals surface area contributed by atoms with Gasteiger partial charge in [0.2, 0.25) is 7.35 Å². The van der Waals surface area contributed by atoms with Crippen molar-refractivity contribution in [3.05, 3.63) is 23.8 Å². The van der Waals surface area contributed by atoms with Crippen LogP contribution in [0, 0.1) is 0 Å². The van der Waals surface area contributed by atoms with Crippen molar-refractivity contribution in [1.29, 1.82) is 0 Å².